The molecule has 0 bridgehead atoms. The third-order valence-electron chi connectivity index (χ3n) is 4.12. The van der Waals surface area contributed by atoms with E-state index in [9.17, 15) is 26.4 Å². The molecule has 0 aliphatic rings. The molecular weight excluding hydrogens is 419 g/mol. The van der Waals surface area contributed by atoms with Gasteiger partial charge in [0.05, 0.1) is 40.0 Å². The highest BCUT2D eigenvalue weighted by Crippen LogP contribution is 2.30. The monoisotopic (exact) mass is 431 g/mol. The van der Waals surface area contributed by atoms with E-state index >= 15 is 0 Å². The van der Waals surface area contributed by atoms with Crippen LogP contribution in [-0.2, 0) is 22.6 Å². The smallest absolute Gasteiger partial charge is 0.294 e. The van der Waals surface area contributed by atoms with Gasteiger partial charge in [-0.25, -0.2) is 18.4 Å². The molecule has 0 amide bonds. The fourth-order valence-corrected chi connectivity index (χ4v) is 3.87. The second-order valence-corrected chi connectivity index (χ2v) is 8.56. The van der Waals surface area contributed by atoms with Gasteiger partial charge in [-0.05, 0) is 29.8 Å². The predicted molar refractivity (Wildman–Crippen MR) is 97.1 cm³/mol. The number of nitrogens with zero attached hydrogens (tertiary/aromatic N) is 3. The van der Waals surface area contributed by atoms with Gasteiger partial charge in [0.2, 0.25) is 0 Å². The first-order chi connectivity index (χ1) is 13.0. The van der Waals surface area contributed by atoms with Gasteiger partial charge in [-0.15, -0.1) is 0 Å². The summed E-state index contributed by atoms with van der Waals surface area (Å²) in [6.45, 7) is 1.21. The van der Waals surface area contributed by atoms with Gasteiger partial charge in [0.25, 0.3) is 5.56 Å². The van der Waals surface area contributed by atoms with Crippen molar-refractivity contribution in [2.24, 2.45) is 0 Å². The van der Waals surface area contributed by atoms with E-state index in [1.54, 1.807) is 0 Å². The van der Waals surface area contributed by atoms with Crippen molar-refractivity contribution in [3.8, 4) is 0 Å². The van der Waals surface area contributed by atoms with E-state index in [-0.39, 0.29) is 38.8 Å². The molecule has 3 rings (SSSR count). The predicted octanol–water partition coefficient (Wildman–Crippen LogP) is 3.31. The zero-order valence-corrected chi connectivity index (χ0v) is 15.9. The number of alkyl halides is 3. The lowest BCUT2D eigenvalue weighted by atomic mass is 10.1. The SMILES string of the molecule is CCS(=O)(=O)c1cnc(Cl)cc1Cn1cnc2ccc(C(F)(F)F)cc2c1=O. The number of aromatic nitrogens is 3. The summed E-state index contributed by atoms with van der Waals surface area (Å²) in [4.78, 5) is 20.3. The van der Waals surface area contributed by atoms with E-state index in [0.29, 0.717) is 0 Å². The van der Waals surface area contributed by atoms with Crippen molar-refractivity contribution in [3.05, 3.63) is 63.4 Å². The van der Waals surface area contributed by atoms with Crippen LogP contribution in [0.3, 0.4) is 0 Å². The molecule has 0 N–H and O–H groups in total. The average Bonchev–Trinajstić information content (AvgIpc) is 2.63. The molecule has 2 heterocycles. The summed E-state index contributed by atoms with van der Waals surface area (Å²) >= 11 is 5.85. The highest BCUT2D eigenvalue weighted by atomic mass is 35.5. The van der Waals surface area contributed by atoms with Crippen molar-refractivity contribution in [2.75, 3.05) is 5.75 Å². The topological polar surface area (TPSA) is 81.9 Å². The van der Waals surface area contributed by atoms with Crippen LogP contribution in [0.25, 0.3) is 10.9 Å². The van der Waals surface area contributed by atoms with Crippen LogP contribution in [0.15, 0.2) is 46.5 Å². The minimum Gasteiger partial charge on any atom is -0.294 e. The fourth-order valence-electron chi connectivity index (χ4n) is 2.65. The molecule has 0 unspecified atom stereocenters. The molecular formula is C17H13ClF3N3O3S. The first-order valence-corrected chi connectivity index (χ1v) is 9.99. The number of rotatable bonds is 4. The minimum absolute atomic E-state index is 0.0196. The summed E-state index contributed by atoms with van der Waals surface area (Å²) in [5.41, 5.74) is -1.41. The lowest BCUT2D eigenvalue weighted by molar-refractivity contribution is -0.137. The third kappa shape index (κ3) is 3.88. The fraction of sp³-hybridized carbons (Fsp3) is 0.235. The van der Waals surface area contributed by atoms with Crippen LogP contribution < -0.4 is 5.56 Å². The van der Waals surface area contributed by atoms with Crippen LogP contribution in [0.2, 0.25) is 5.15 Å². The minimum atomic E-state index is -4.61. The van der Waals surface area contributed by atoms with Gasteiger partial charge in [0.15, 0.2) is 9.84 Å². The Labute approximate surface area is 162 Å². The van der Waals surface area contributed by atoms with E-state index < -0.39 is 27.1 Å². The maximum Gasteiger partial charge on any atom is 0.416 e. The van der Waals surface area contributed by atoms with Crippen molar-refractivity contribution in [1.82, 2.24) is 14.5 Å². The largest absolute Gasteiger partial charge is 0.416 e. The number of sulfone groups is 1. The van der Waals surface area contributed by atoms with E-state index in [2.05, 4.69) is 9.97 Å². The molecule has 2 aromatic heterocycles. The third-order valence-corrected chi connectivity index (χ3v) is 6.13. The van der Waals surface area contributed by atoms with Gasteiger partial charge in [-0.1, -0.05) is 18.5 Å². The van der Waals surface area contributed by atoms with Gasteiger partial charge in [-0.3, -0.25) is 9.36 Å². The van der Waals surface area contributed by atoms with E-state index in [0.717, 1.165) is 35.3 Å². The summed E-state index contributed by atoms with van der Waals surface area (Å²) in [6.07, 6.45) is -2.37. The molecule has 0 spiro atoms. The normalized spacial score (nSPS) is 12.5. The number of halogens is 4. The molecule has 6 nitrogen and oxygen atoms in total. The van der Waals surface area contributed by atoms with Crippen molar-refractivity contribution in [3.63, 3.8) is 0 Å². The Morgan fingerprint density at radius 3 is 2.54 bits per heavy atom. The number of hydrogen-bond acceptors (Lipinski definition) is 5. The zero-order chi connectivity index (χ0) is 20.7. The Balaban J connectivity index is 2.15. The average molecular weight is 432 g/mol. The molecule has 0 aliphatic heterocycles. The first-order valence-electron chi connectivity index (χ1n) is 7.96. The summed E-state index contributed by atoms with van der Waals surface area (Å²) in [7, 11) is -3.65. The van der Waals surface area contributed by atoms with Gasteiger partial charge >= 0.3 is 6.18 Å². The Kier molecular flexibility index (Phi) is 5.20. The molecule has 0 saturated heterocycles. The first kappa shape index (κ1) is 20.3. The summed E-state index contributed by atoms with van der Waals surface area (Å²) in [5, 5.41) is -0.205. The van der Waals surface area contributed by atoms with Crippen LogP contribution in [-0.4, -0.2) is 28.7 Å². The molecule has 3 aromatic rings. The molecule has 1 aromatic carbocycles. The van der Waals surface area contributed by atoms with Crippen LogP contribution in [0.4, 0.5) is 13.2 Å². The number of hydrogen-bond donors (Lipinski definition) is 0. The summed E-state index contributed by atoms with van der Waals surface area (Å²) < 4.78 is 64.4. The molecule has 148 valence electrons. The highest BCUT2D eigenvalue weighted by Gasteiger charge is 2.31. The number of pyridine rings is 1. The van der Waals surface area contributed by atoms with Crippen LogP contribution in [0, 0.1) is 0 Å². The van der Waals surface area contributed by atoms with Crippen molar-refractivity contribution in [1.29, 1.82) is 0 Å². The molecule has 0 fully saturated rings. The lowest BCUT2D eigenvalue weighted by Gasteiger charge is -2.12. The van der Waals surface area contributed by atoms with Crippen molar-refractivity contribution in [2.45, 2.75) is 24.5 Å². The quantitative estimate of drug-likeness (QED) is 0.592. The van der Waals surface area contributed by atoms with E-state index in [1.807, 2.05) is 0 Å². The van der Waals surface area contributed by atoms with Crippen LogP contribution in [0.5, 0.6) is 0 Å². The van der Waals surface area contributed by atoms with Gasteiger partial charge in [-0.2, -0.15) is 13.2 Å². The zero-order valence-electron chi connectivity index (χ0n) is 14.4. The second kappa shape index (κ2) is 7.17. The standard InChI is InChI=1S/C17H13ClF3N3O3S/c1-2-28(26,27)14-7-22-15(18)5-10(14)8-24-9-23-13-4-3-11(17(19,20)21)6-12(13)16(24)25/h3-7,9H,2,8H2,1H3. The summed E-state index contributed by atoms with van der Waals surface area (Å²) in [5.74, 6) is -0.191. The highest BCUT2D eigenvalue weighted by molar-refractivity contribution is 7.91. The van der Waals surface area contributed by atoms with Crippen molar-refractivity contribution >= 4 is 32.3 Å². The van der Waals surface area contributed by atoms with E-state index in [4.69, 9.17) is 11.6 Å². The van der Waals surface area contributed by atoms with Gasteiger partial charge in [0.1, 0.15) is 5.15 Å². The molecule has 0 aliphatic carbocycles. The molecule has 0 atom stereocenters. The molecule has 28 heavy (non-hydrogen) atoms. The Bertz CT molecular complexity index is 1220. The maximum absolute atomic E-state index is 12.9. The second-order valence-electron chi connectivity index (χ2n) is 5.93. The van der Waals surface area contributed by atoms with Crippen molar-refractivity contribution < 1.29 is 21.6 Å². The lowest BCUT2D eigenvalue weighted by Crippen LogP contribution is -2.23. The Hall–Kier alpha value is -2.46. The Morgan fingerprint density at radius 1 is 1.18 bits per heavy atom. The molecule has 0 saturated carbocycles. The maximum atomic E-state index is 12.9. The molecule has 0 radical (unpaired) electrons. The van der Waals surface area contributed by atoms with Gasteiger partial charge in [0, 0.05) is 6.20 Å². The van der Waals surface area contributed by atoms with Crippen LogP contribution >= 0.6 is 11.6 Å². The van der Waals surface area contributed by atoms with E-state index in [1.165, 1.54) is 13.0 Å². The molecule has 11 heteroatoms. The summed E-state index contributed by atoms with van der Waals surface area (Å²) in [6, 6.07) is 3.98. The Morgan fingerprint density at radius 2 is 1.89 bits per heavy atom. The van der Waals surface area contributed by atoms with Gasteiger partial charge < -0.3 is 0 Å². The number of fused-ring (bicyclic) bond motifs is 1. The number of benzene rings is 1. The van der Waals surface area contributed by atoms with Crippen LogP contribution in [0.1, 0.15) is 18.1 Å².